The minimum Gasteiger partial charge on any atom is -0.466 e. The highest BCUT2D eigenvalue weighted by Crippen LogP contribution is 2.34. The van der Waals surface area contributed by atoms with Crippen molar-refractivity contribution in [1.82, 2.24) is 0 Å². The quantitative estimate of drug-likeness (QED) is 0.343. The smallest absolute Gasteiger partial charge is 0.330 e. The summed E-state index contributed by atoms with van der Waals surface area (Å²) in [4.78, 5) is 40.4. The minimum absolute atomic E-state index is 0.541. The fourth-order valence-electron chi connectivity index (χ4n) is 1.41. The molecule has 0 saturated carbocycles. The summed E-state index contributed by atoms with van der Waals surface area (Å²) in [6.45, 7) is 0. The van der Waals surface area contributed by atoms with Crippen LogP contribution in [0, 0.1) is 30.3 Å². The fourth-order valence-corrected chi connectivity index (χ4v) is 1.41. The van der Waals surface area contributed by atoms with Crippen molar-refractivity contribution in [2.24, 2.45) is 0 Å². The predicted octanol–water partition coefficient (Wildman–Crippen LogP) is 1.60. The number of methoxy groups -OCH3 is 1. The Morgan fingerprint density at radius 1 is 1.05 bits per heavy atom. The van der Waals surface area contributed by atoms with Crippen molar-refractivity contribution in [2.45, 2.75) is 0 Å². The Bertz CT molecular complexity index is 631. The van der Waals surface area contributed by atoms with Gasteiger partial charge in [-0.05, 0) is 6.08 Å². The van der Waals surface area contributed by atoms with Crippen molar-refractivity contribution >= 4 is 29.1 Å². The molecule has 1 rings (SSSR count). The maximum absolute atomic E-state index is 11.0. The van der Waals surface area contributed by atoms with E-state index >= 15 is 0 Å². The van der Waals surface area contributed by atoms with Crippen molar-refractivity contribution in [1.29, 1.82) is 0 Å². The number of esters is 1. The normalized spacial score (nSPS) is 10.3. The van der Waals surface area contributed by atoms with Crippen molar-refractivity contribution in [3.05, 3.63) is 54.1 Å². The van der Waals surface area contributed by atoms with E-state index in [1.165, 1.54) is 0 Å². The van der Waals surface area contributed by atoms with Gasteiger partial charge in [-0.15, -0.1) is 0 Å². The maximum atomic E-state index is 11.0. The van der Waals surface area contributed by atoms with Gasteiger partial charge in [0.05, 0.1) is 34.0 Å². The van der Waals surface area contributed by atoms with E-state index in [1.807, 2.05) is 0 Å². The van der Waals surface area contributed by atoms with Gasteiger partial charge in [0, 0.05) is 6.08 Å². The second-order valence-electron chi connectivity index (χ2n) is 3.53. The Labute approximate surface area is 115 Å². The van der Waals surface area contributed by atoms with Gasteiger partial charge in [-0.1, -0.05) is 0 Å². The average Bonchev–Trinajstić information content (AvgIpc) is 2.43. The van der Waals surface area contributed by atoms with Gasteiger partial charge in [-0.2, -0.15) is 0 Å². The topological polar surface area (TPSA) is 156 Å². The van der Waals surface area contributed by atoms with Crippen molar-refractivity contribution in [2.75, 3.05) is 7.11 Å². The molecule has 0 radical (unpaired) electrons. The summed E-state index contributed by atoms with van der Waals surface area (Å²) in [5.74, 6) is -0.892. The molecule has 21 heavy (non-hydrogen) atoms. The van der Waals surface area contributed by atoms with Crippen LogP contribution in [0.4, 0.5) is 17.1 Å². The van der Waals surface area contributed by atoms with E-state index in [2.05, 4.69) is 4.74 Å². The third-order valence-corrected chi connectivity index (χ3v) is 2.31. The second-order valence-corrected chi connectivity index (χ2v) is 3.53. The Kier molecular flexibility index (Phi) is 4.62. The summed E-state index contributed by atoms with van der Waals surface area (Å²) in [6, 6.07) is 1.15. The first-order valence-corrected chi connectivity index (χ1v) is 5.15. The molecule has 1 aromatic rings. The summed E-state index contributed by atoms with van der Waals surface area (Å²) in [6.07, 6.45) is 1.53. The molecule has 0 atom stereocenters. The van der Waals surface area contributed by atoms with E-state index in [4.69, 9.17) is 0 Å². The second kappa shape index (κ2) is 6.18. The van der Waals surface area contributed by atoms with Gasteiger partial charge in [0.2, 0.25) is 0 Å². The number of nitrogens with zero attached hydrogens (tertiary/aromatic N) is 3. The van der Waals surface area contributed by atoms with Crippen LogP contribution in [0.2, 0.25) is 0 Å². The van der Waals surface area contributed by atoms with Gasteiger partial charge < -0.3 is 4.74 Å². The lowest BCUT2D eigenvalue weighted by molar-refractivity contribution is -0.403. The van der Waals surface area contributed by atoms with Gasteiger partial charge in [0.1, 0.15) is 5.56 Å². The van der Waals surface area contributed by atoms with Crippen molar-refractivity contribution in [3.8, 4) is 0 Å². The molecular formula is C10H7N3O8. The maximum Gasteiger partial charge on any atom is 0.330 e. The zero-order valence-electron chi connectivity index (χ0n) is 10.4. The van der Waals surface area contributed by atoms with Crippen LogP contribution in [0.25, 0.3) is 6.08 Å². The number of rotatable bonds is 5. The molecule has 0 spiro atoms. The lowest BCUT2D eigenvalue weighted by Gasteiger charge is -2.00. The number of benzene rings is 1. The van der Waals surface area contributed by atoms with Crippen LogP contribution < -0.4 is 0 Å². The van der Waals surface area contributed by atoms with E-state index < -0.39 is 43.4 Å². The molecule has 0 aliphatic rings. The minimum atomic E-state index is -1.02. The van der Waals surface area contributed by atoms with Gasteiger partial charge in [-0.25, -0.2) is 4.79 Å². The molecule has 0 amide bonds. The molecule has 0 aliphatic carbocycles. The third-order valence-electron chi connectivity index (χ3n) is 2.31. The summed E-state index contributed by atoms with van der Waals surface area (Å²) in [5.41, 5.74) is -3.07. The molecule has 0 unspecified atom stereocenters. The van der Waals surface area contributed by atoms with Gasteiger partial charge in [0.15, 0.2) is 0 Å². The molecular weight excluding hydrogens is 290 g/mol. The van der Waals surface area contributed by atoms with Crippen molar-refractivity contribution in [3.63, 3.8) is 0 Å². The van der Waals surface area contributed by atoms with Crippen molar-refractivity contribution < 1.29 is 24.3 Å². The number of hydrogen-bond acceptors (Lipinski definition) is 8. The number of carbonyl (C=O) groups excluding carboxylic acids is 1. The molecule has 0 aliphatic heterocycles. The largest absolute Gasteiger partial charge is 0.466 e. The van der Waals surface area contributed by atoms with Crippen LogP contribution in [-0.4, -0.2) is 27.8 Å². The third kappa shape index (κ3) is 3.56. The van der Waals surface area contributed by atoms with Crippen LogP contribution in [0.3, 0.4) is 0 Å². The molecule has 0 aromatic heterocycles. The van der Waals surface area contributed by atoms with Gasteiger partial charge >= 0.3 is 5.97 Å². The summed E-state index contributed by atoms with van der Waals surface area (Å²) < 4.78 is 4.26. The van der Waals surface area contributed by atoms with E-state index in [-0.39, 0.29) is 0 Å². The zero-order valence-corrected chi connectivity index (χ0v) is 10.4. The average molecular weight is 297 g/mol. The van der Waals surface area contributed by atoms with E-state index in [0.717, 1.165) is 19.3 Å². The Morgan fingerprint density at radius 2 is 1.52 bits per heavy atom. The zero-order chi connectivity index (χ0) is 16.2. The molecule has 11 nitrogen and oxygen atoms in total. The number of carbonyl (C=O) groups is 1. The number of nitro groups is 3. The number of hydrogen-bond donors (Lipinski definition) is 0. The Balaban J connectivity index is 3.61. The molecule has 0 heterocycles. The van der Waals surface area contributed by atoms with Gasteiger partial charge in [-0.3, -0.25) is 30.3 Å². The van der Waals surface area contributed by atoms with Gasteiger partial charge in [0.25, 0.3) is 17.1 Å². The van der Waals surface area contributed by atoms with E-state index in [0.29, 0.717) is 12.1 Å². The first-order valence-electron chi connectivity index (χ1n) is 5.15. The molecule has 0 bridgehead atoms. The van der Waals surface area contributed by atoms with Crippen LogP contribution in [-0.2, 0) is 9.53 Å². The number of non-ortho nitro benzene ring substituents is 1. The molecule has 0 saturated heterocycles. The van der Waals surface area contributed by atoms with E-state index in [9.17, 15) is 35.1 Å². The van der Waals surface area contributed by atoms with Crippen LogP contribution in [0.15, 0.2) is 18.2 Å². The molecule has 1 aromatic carbocycles. The molecule has 0 N–H and O–H groups in total. The molecule has 0 fully saturated rings. The standard InChI is InChI=1S/C10H7N3O8/c1-21-10(14)3-2-7-8(12(17)18)4-6(11(15)16)5-9(7)13(19)20/h2-5H,1H3. The Hall–Kier alpha value is -3.37. The highest BCUT2D eigenvalue weighted by Gasteiger charge is 2.28. The summed E-state index contributed by atoms with van der Waals surface area (Å²) in [5, 5.41) is 32.4. The number of ether oxygens (including phenoxy) is 1. The SMILES string of the molecule is COC(=O)C=Cc1c([N+](=O)[O-])cc([N+](=O)[O-])cc1[N+](=O)[O-]. The first kappa shape index (κ1) is 15.7. The fraction of sp³-hybridized carbons (Fsp3) is 0.100. The van der Waals surface area contributed by atoms with Crippen LogP contribution >= 0.6 is 0 Å². The van der Waals surface area contributed by atoms with Crippen LogP contribution in [0.5, 0.6) is 0 Å². The first-order chi connectivity index (χ1) is 9.77. The highest BCUT2D eigenvalue weighted by atomic mass is 16.6. The Morgan fingerprint density at radius 3 is 1.86 bits per heavy atom. The van der Waals surface area contributed by atoms with Crippen LogP contribution in [0.1, 0.15) is 5.56 Å². The summed E-state index contributed by atoms with van der Waals surface area (Å²) in [7, 11) is 1.05. The number of nitro benzene ring substituents is 3. The lowest BCUT2D eigenvalue weighted by atomic mass is 10.1. The highest BCUT2D eigenvalue weighted by molar-refractivity contribution is 5.89. The molecule has 110 valence electrons. The predicted molar refractivity (Wildman–Crippen MR) is 67.5 cm³/mol. The summed E-state index contributed by atoms with van der Waals surface area (Å²) >= 11 is 0. The monoisotopic (exact) mass is 297 g/mol. The molecule has 11 heteroatoms. The van der Waals surface area contributed by atoms with E-state index in [1.54, 1.807) is 0 Å². The lowest BCUT2D eigenvalue weighted by Crippen LogP contribution is -2.01.